The van der Waals surface area contributed by atoms with Crippen LogP contribution in [0.3, 0.4) is 0 Å². The van der Waals surface area contributed by atoms with Gasteiger partial charge in [0.1, 0.15) is 5.75 Å². The van der Waals surface area contributed by atoms with Gasteiger partial charge in [0, 0.05) is 23.9 Å². The zero-order chi connectivity index (χ0) is 18.5. The number of ether oxygens (including phenoxy) is 1. The first-order valence-corrected chi connectivity index (χ1v) is 10.1. The van der Waals surface area contributed by atoms with Crippen LogP contribution >= 0.6 is 0 Å². The van der Waals surface area contributed by atoms with Gasteiger partial charge in [-0.05, 0) is 30.9 Å². The quantitative estimate of drug-likeness (QED) is 0.888. The number of carbonyl (C=O) groups is 1. The van der Waals surface area contributed by atoms with Crippen LogP contribution in [0.4, 0.5) is 0 Å². The first-order valence-electron chi connectivity index (χ1n) is 8.69. The monoisotopic (exact) mass is 375 g/mol. The predicted molar refractivity (Wildman–Crippen MR) is 96.7 cm³/mol. The number of aliphatic carboxylic acids is 1. The Balaban J connectivity index is 1.80. The summed E-state index contributed by atoms with van der Waals surface area (Å²) < 4.78 is 33.4. The van der Waals surface area contributed by atoms with Crippen LogP contribution in [0.2, 0.25) is 0 Å². The van der Waals surface area contributed by atoms with E-state index in [0.29, 0.717) is 17.6 Å². The molecule has 1 saturated heterocycles. The number of methoxy groups -OCH3 is 1. The molecule has 1 aliphatic heterocycles. The van der Waals surface area contributed by atoms with E-state index in [0.717, 1.165) is 18.2 Å². The van der Waals surface area contributed by atoms with Crippen LogP contribution in [-0.4, -0.2) is 44.0 Å². The highest BCUT2D eigenvalue weighted by Gasteiger charge is 2.57. The molecule has 1 aliphatic carbocycles. The lowest BCUT2D eigenvalue weighted by molar-refractivity contribution is -0.149. The summed E-state index contributed by atoms with van der Waals surface area (Å²) in [7, 11) is -2.24. The van der Waals surface area contributed by atoms with Gasteiger partial charge in [0.15, 0.2) is 0 Å². The molecule has 0 unspecified atom stereocenters. The summed E-state index contributed by atoms with van der Waals surface area (Å²) in [6.07, 6.45) is 2.15. The molecule has 26 heavy (non-hydrogen) atoms. The Bertz CT molecular complexity index is 987. The van der Waals surface area contributed by atoms with E-state index in [1.807, 2.05) is 12.1 Å². The Morgan fingerprint density at radius 3 is 2.62 bits per heavy atom. The van der Waals surface area contributed by atoms with Gasteiger partial charge in [-0.15, -0.1) is 0 Å². The molecule has 0 amide bonds. The van der Waals surface area contributed by atoms with Gasteiger partial charge < -0.3 is 9.84 Å². The first kappa shape index (κ1) is 17.3. The molecule has 6 nitrogen and oxygen atoms in total. The summed E-state index contributed by atoms with van der Waals surface area (Å²) in [5.41, 5.74) is -0.935. The van der Waals surface area contributed by atoms with Gasteiger partial charge in [0.2, 0.25) is 10.0 Å². The summed E-state index contributed by atoms with van der Waals surface area (Å²) >= 11 is 0. The average Bonchev–Trinajstić information content (AvgIpc) is 3.19. The molecule has 0 radical (unpaired) electrons. The molecular weight excluding hydrogens is 354 g/mol. The zero-order valence-electron chi connectivity index (χ0n) is 14.5. The average molecular weight is 375 g/mol. The van der Waals surface area contributed by atoms with Crippen molar-refractivity contribution in [1.82, 2.24) is 4.31 Å². The summed E-state index contributed by atoms with van der Waals surface area (Å²) in [5.74, 6) is -0.378. The number of carboxylic acid groups (broad SMARTS) is 1. The minimum Gasteiger partial charge on any atom is -0.496 e. The van der Waals surface area contributed by atoms with Crippen LogP contribution in [0.5, 0.6) is 5.75 Å². The molecule has 1 saturated carbocycles. The van der Waals surface area contributed by atoms with Gasteiger partial charge >= 0.3 is 5.97 Å². The lowest BCUT2D eigenvalue weighted by Crippen LogP contribution is -2.37. The van der Waals surface area contributed by atoms with Crippen molar-refractivity contribution in [1.29, 1.82) is 0 Å². The van der Waals surface area contributed by atoms with Crippen LogP contribution in [0.1, 0.15) is 19.3 Å². The van der Waals surface area contributed by atoms with E-state index in [1.54, 1.807) is 31.4 Å². The molecule has 4 rings (SSSR count). The maximum Gasteiger partial charge on any atom is 0.311 e. The van der Waals surface area contributed by atoms with E-state index in [-0.39, 0.29) is 23.9 Å². The van der Waals surface area contributed by atoms with E-state index in [1.165, 1.54) is 4.31 Å². The van der Waals surface area contributed by atoms with Crippen molar-refractivity contribution in [3.05, 3.63) is 36.4 Å². The molecule has 0 bridgehead atoms. The second kappa shape index (κ2) is 5.96. The Kier molecular flexibility index (Phi) is 3.96. The minimum atomic E-state index is -3.79. The number of rotatable bonds is 4. The topological polar surface area (TPSA) is 83.9 Å². The van der Waals surface area contributed by atoms with Crippen LogP contribution in [0, 0.1) is 11.3 Å². The highest BCUT2D eigenvalue weighted by Crippen LogP contribution is 2.50. The highest BCUT2D eigenvalue weighted by molar-refractivity contribution is 7.89. The minimum absolute atomic E-state index is 0.0513. The normalized spacial score (nSPS) is 26.1. The number of sulfonamides is 1. The lowest BCUT2D eigenvalue weighted by Gasteiger charge is -2.23. The van der Waals surface area contributed by atoms with E-state index in [4.69, 9.17) is 4.74 Å². The van der Waals surface area contributed by atoms with Crippen molar-refractivity contribution in [3.63, 3.8) is 0 Å². The Morgan fingerprint density at radius 1 is 1.23 bits per heavy atom. The van der Waals surface area contributed by atoms with Crippen LogP contribution in [0.25, 0.3) is 10.8 Å². The molecule has 7 heteroatoms. The predicted octanol–water partition coefficient (Wildman–Crippen LogP) is 2.72. The fraction of sp³-hybridized carbons (Fsp3) is 0.421. The third-order valence-corrected chi connectivity index (χ3v) is 7.82. The second-order valence-electron chi connectivity index (χ2n) is 7.16. The van der Waals surface area contributed by atoms with Gasteiger partial charge in [-0.25, -0.2) is 8.42 Å². The molecule has 1 N–H and O–H groups in total. The summed E-state index contributed by atoms with van der Waals surface area (Å²) in [6, 6.07) is 10.4. The molecule has 0 aromatic heterocycles. The van der Waals surface area contributed by atoms with Gasteiger partial charge in [-0.1, -0.05) is 30.7 Å². The van der Waals surface area contributed by atoms with Gasteiger partial charge in [-0.2, -0.15) is 4.31 Å². The van der Waals surface area contributed by atoms with Crippen molar-refractivity contribution in [3.8, 4) is 5.75 Å². The Hall–Kier alpha value is -2.12. The molecular formula is C19H21NO5S. The molecule has 2 aromatic rings. The third kappa shape index (κ3) is 2.34. The van der Waals surface area contributed by atoms with Crippen molar-refractivity contribution in [2.24, 2.45) is 11.3 Å². The number of hydrogen-bond acceptors (Lipinski definition) is 4. The van der Waals surface area contributed by atoms with Crippen molar-refractivity contribution >= 4 is 26.8 Å². The molecule has 2 atom stereocenters. The van der Waals surface area contributed by atoms with Crippen LogP contribution in [0.15, 0.2) is 41.3 Å². The summed E-state index contributed by atoms with van der Waals surface area (Å²) in [4.78, 5) is 12.1. The van der Waals surface area contributed by atoms with Gasteiger partial charge in [0.25, 0.3) is 0 Å². The zero-order valence-corrected chi connectivity index (χ0v) is 15.3. The Labute approximate surface area is 152 Å². The SMILES string of the molecule is COc1ccc(S(=O)(=O)N2C[C@@H]3CCC[C@@]3(C(=O)O)C2)c2ccccc12. The molecule has 0 spiro atoms. The molecule has 2 fully saturated rings. The van der Waals surface area contributed by atoms with E-state index in [2.05, 4.69) is 0 Å². The Morgan fingerprint density at radius 2 is 1.96 bits per heavy atom. The molecule has 1 heterocycles. The first-order chi connectivity index (χ1) is 12.4. The number of fused-ring (bicyclic) bond motifs is 2. The summed E-state index contributed by atoms with van der Waals surface area (Å²) in [6.45, 7) is 0.324. The molecule has 2 aliphatic rings. The number of carboxylic acids is 1. The van der Waals surface area contributed by atoms with Crippen molar-refractivity contribution < 1.29 is 23.1 Å². The fourth-order valence-electron chi connectivity index (χ4n) is 4.56. The largest absolute Gasteiger partial charge is 0.496 e. The third-order valence-electron chi connectivity index (χ3n) is 5.95. The number of benzene rings is 2. The summed E-state index contributed by atoms with van der Waals surface area (Å²) in [5, 5.41) is 11.0. The van der Waals surface area contributed by atoms with E-state index in [9.17, 15) is 18.3 Å². The maximum absolute atomic E-state index is 13.3. The van der Waals surface area contributed by atoms with E-state index >= 15 is 0 Å². The second-order valence-corrected chi connectivity index (χ2v) is 9.07. The van der Waals surface area contributed by atoms with Crippen molar-refractivity contribution in [2.45, 2.75) is 24.2 Å². The number of nitrogens with zero attached hydrogens (tertiary/aromatic N) is 1. The van der Waals surface area contributed by atoms with Crippen LogP contribution < -0.4 is 4.74 Å². The maximum atomic E-state index is 13.3. The van der Waals surface area contributed by atoms with Crippen molar-refractivity contribution in [2.75, 3.05) is 20.2 Å². The highest BCUT2D eigenvalue weighted by atomic mass is 32.2. The standard InChI is InChI=1S/C19H21NO5S/c1-25-16-8-9-17(15-7-3-2-6-14(15)16)26(23,24)20-11-13-5-4-10-19(13,12-20)18(21)22/h2-3,6-9,13H,4-5,10-12H2,1H3,(H,21,22)/t13-,19+/m0/s1. The van der Waals surface area contributed by atoms with E-state index < -0.39 is 21.4 Å². The lowest BCUT2D eigenvalue weighted by atomic mass is 9.81. The van der Waals surface area contributed by atoms with Gasteiger partial charge in [-0.3, -0.25) is 4.79 Å². The van der Waals surface area contributed by atoms with Gasteiger partial charge in [0.05, 0.1) is 17.4 Å². The number of hydrogen-bond donors (Lipinski definition) is 1. The molecule has 2 aromatic carbocycles. The fourth-order valence-corrected chi connectivity index (χ4v) is 6.31. The smallest absolute Gasteiger partial charge is 0.311 e. The molecule has 138 valence electrons. The van der Waals surface area contributed by atoms with Crippen LogP contribution in [-0.2, 0) is 14.8 Å².